The predicted octanol–water partition coefficient (Wildman–Crippen LogP) is 3.03. The highest BCUT2D eigenvalue weighted by atomic mass is 16.5. The van der Waals surface area contributed by atoms with Crippen LogP contribution in [-0.2, 0) is 4.79 Å². The molecule has 3 aromatic heterocycles. The minimum atomic E-state index is -0.277. The lowest BCUT2D eigenvalue weighted by molar-refractivity contribution is -0.116. The van der Waals surface area contributed by atoms with E-state index < -0.39 is 0 Å². The summed E-state index contributed by atoms with van der Waals surface area (Å²) in [6.07, 6.45) is 7.79. The summed E-state index contributed by atoms with van der Waals surface area (Å²) >= 11 is 0. The van der Waals surface area contributed by atoms with Gasteiger partial charge in [0.2, 0.25) is 11.8 Å². The van der Waals surface area contributed by atoms with E-state index in [1.54, 1.807) is 29.2 Å². The molecule has 0 unspecified atom stereocenters. The molecule has 0 bridgehead atoms. The van der Waals surface area contributed by atoms with Crippen LogP contribution in [0.3, 0.4) is 0 Å². The molecule has 0 saturated heterocycles. The summed E-state index contributed by atoms with van der Waals surface area (Å²) in [6.45, 7) is 2.04. The standard InChI is InChI=1S/C25H22N8O3/c1-16-10-18(4-6-21(16)36-24-12-22-32-30-15-33(22)14-29-24)31-25-19-11-17(2-5-20(19)27-13-28-25)3-7-23(35)26-8-9-34/h2-7,10-15,34H,8-9H2,1H3,(H,26,35)(H,27,28,31)/b7-3+. The summed E-state index contributed by atoms with van der Waals surface area (Å²) < 4.78 is 7.65. The van der Waals surface area contributed by atoms with Gasteiger partial charge in [-0.05, 0) is 54.5 Å². The van der Waals surface area contributed by atoms with E-state index in [2.05, 4.69) is 35.8 Å². The molecule has 180 valence electrons. The largest absolute Gasteiger partial charge is 0.439 e. The van der Waals surface area contributed by atoms with Crippen LogP contribution < -0.4 is 15.4 Å². The van der Waals surface area contributed by atoms with Crippen molar-refractivity contribution < 1.29 is 14.6 Å². The average Bonchev–Trinajstić information content (AvgIpc) is 3.36. The van der Waals surface area contributed by atoms with Crippen molar-refractivity contribution in [1.82, 2.24) is 34.9 Å². The fourth-order valence-corrected chi connectivity index (χ4v) is 3.54. The fourth-order valence-electron chi connectivity index (χ4n) is 3.54. The Morgan fingerprint density at radius 3 is 2.89 bits per heavy atom. The Bertz CT molecular complexity index is 1580. The maximum atomic E-state index is 11.8. The Labute approximate surface area is 205 Å². The van der Waals surface area contributed by atoms with Crippen molar-refractivity contribution in [2.75, 3.05) is 18.5 Å². The third-order valence-electron chi connectivity index (χ3n) is 5.31. The Morgan fingerprint density at radius 2 is 2.03 bits per heavy atom. The number of aryl methyl sites for hydroxylation is 1. The lowest BCUT2D eigenvalue weighted by atomic mass is 10.1. The lowest BCUT2D eigenvalue weighted by Gasteiger charge is -2.12. The first-order valence-corrected chi connectivity index (χ1v) is 11.1. The highest BCUT2D eigenvalue weighted by Crippen LogP contribution is 2.29. The molecule has 0 aliphatic carbocycles. The number of hydrogen-bond donors (Lipinski definition) is 3. The minimum Gasteiger partial charge on any atom is -0.439 e. The number of fused-ring (bicyclic) bond motifs is 2. The smallest absolute Gasteiger partial charge is 0.244 e. The Kier molecular flexibility index (Phi) is 6.45. The molecule has 3 heterocycles. The molecule has 0 aliphatic rings. The van der Waals surface area contributed by atoms with E-state index in [1.807, 2.05) is 43.3 Å². The summed E-state index contributed by atoms with van der Waals surface area (Å²) in [6, 6.07) is 13.1. The van der Waals surface area contributed by atoms with Gasteiger partial charge in [0, 0.05) is 29.8 Å². The number of aliphatic hydroxyl groups is 1. The molecule has 0 saturated carbocycles. The topological polar surface area (TPSA) is 139 Å². The summed E-state index contributed by atoms with van der Waals surface area (Å²) in [5, 5.41) is 23.4. The molecule has 0 aliphatic heterocycles. The molecule has 5 aromatic rings. The van der Waals surface area contributed by atoms with Crippen molar-refractivity contribution in [3.63, 3.8) is 0 Å². The van der Waals surface area contributed by atoms with Crippen molar-refractivity contribution in [1.29, 1.82) is 0 Å². The zero-order valence-electron chi connectivity index (χ0n) is 19.3. The van der Waals surface area contributed by atoms with Gasteiger partial charge in [-0.25, -0.2) is 15.0 Å². The third kappa shape index (κ3) is 5.10. The molecular formula is C25H22N8O3. The predicted molar refractivity (Wildman–Crippen MR) is 134 cm³/mol. The summed E-state index contributed by atoms with van der Waals surface area (Å²) in [5.41, 5.74) is 3.95. The van der Waals surface area contributed by atoms with E-state index in [0.29, 0.717) is 23.1 Å². The summed E-state index contributed by atoms with van der Waals surface area (Å²) in [4.78, 5) is 24.8. The van der Waals surface area contributed by atoms with Gasteiger partial charge < -0.3 is 20.5 Å². The van der Waals surface area contributed by atoms with E-state index in [-0.39, 0.29) is 19.1 Å². The Balaban J connectivity index is 1.35. The molecule has 3 N–H and O–H groups in total. The van der Waals surface area contributed by atoms with E-state index in [1.165, 1.54) is 12.4 Å². The molecule has 2 aromatic carbocycles. The second-order valence-electron chi connectivity index (χ2n) is 7.88. The van der Waals surface area contributed by atoms with Crippen molar-refractivity contribution >= 4 is 40.0 Å². The van der Waals surface area contributed by atoms with Crippen LogP contribution >= 0.6 is 0 Å². The molecule has 0 radical (unpaired) electrons. The molecule has 36 heavy (non-hydrogen) atoms. The van der Waals surface area contributed by atoms with Crippen LogP contribution in [0.15, 0.2) is 67.5 Å². The van der Waals surface area contributed by atoms with Crippen molar-refractivity contribution in [3.05, 3.63) is 78.6 Å². The van der Waals surface area contributed by atoms with Crippen LogP contribution in [0, 0.1) is 6.92 Å². The number of anilines is 2. The Hall–Kier alpha value is -4.90. The Morgan fingerprint density at radius 1 is 1.11 bits per heavy atom. The number of benzene rings is 2. The van der Waals surface area contributed by atoms with Crippen LogP contribution in [0.5, 0.6) is 11.6 Å². The monoisotopic (exact) mass is 482 g/mol. The number of amides is 1. The summed E-state index contributed by atoms with van der Waals surface area (Å²) in [7, 11) is 0. The van der Waals surface area contributed by atoms with E-state index in [4.69, 9.17) is 9.84 Å². The molecule has 0 atom stereocenters. The summed E-state index contributed by atoms with van der Waals surface area (Å²) in [5.74, 6) is 1.44. The maximum Gasteiger partial charge on any atom is 0.244 e. The quantitative estimate of drug-likeness (QED) is 0.285. The molecular weight excluding hydrogens is 460 g/mol. The average molecular weight is 483 g/mol. The lowest BCUT2D eigenvalue weighted by Crippen LogP contribution is -2.24. The number of ether oxygens (including phenoxy) is 1. The number of hydrogen-bond acceptors (Lipinski definition) is 9. The van der Waals surface area contributed by atoms with Gasteiger partial charge in [0.25, 0.3) is 0 Å². The number of carbonyl (C=O) groups is 1. The molecule has 0 spiro atoms. The first kappa shape index (κ1) is 22.9. The number of nitrogens with one attached hydrogen (secondary N) is 2. The number of aliphatic hydroxyl groups excluding tert-OH is 1. The second kappa shape index (κ2) is 10.2. The zero-order valence-corrected chi connectivity index (χ0v) is 19.3. The molecule has 5 rings (SSSR count). The van der Waals surface area contributed by atoms with E-state index in [9.17, 15) is 4.79 Å². The first-order chi connectivity index (χ1) is 17.6. The second-order valence-corrected chi connectivity index (χ2v) is 7.88. The van der Waals surface area contributed by atoms with Gasteiger partial charge in [-0.3, -0.25) is 9.20 Å². The van der Waals surface area contributed by atoms with Gasteiger partial charge in [0.05, 0.1) is 12.1 Å². The van der Waals surface area contributed by atoms with Gasteiger partial charge in [0.1, 0.15) is 30.5 Å². The van der Waals surface area contributed by atoms with Gasteiger partial charge in [-0.2, -0.15) is 0 Å². The molecule has 11 nitrogen and oxygen atoms in total. The van der Waals surface area contributed by atoms with Crippen LogP contribution in [-0.4, -0.2) is 53.7 Å². The number of aromatic nitrogens is 6. The molecule has 1 amide bonds. The van der Waals surface area contributed by atoms with Crippen molar-refractivity contribution in [2.24, 2.45) is 0 Å². The van der Waals surface area contributed by atoms with Crippen LogP contribution in [0.1, 0.15) is 11.1 Å². The zero-order chi connectivity index (χ0) is 24.9. The molecule has 11 heteroatoms. The first-order valence-electron chi connectivity index (χ1n) is 11.1. The van der Waals surface area contributed by atoms with Crippen molar-refractivity contribution in [3.8, 4) is 11.6 Å². The van der Waals surface area contributed by atoms with Gasteiger partial charge in [-0.15, -0.1) is 10.2 Å². The van der Waals surface area contributed by atoms with Crippen LogP contribution in [0.4, 0.5) is 11.5 Å². The molecule has 0 fully saturated rings. The van der Waals surface area contributed by atoms with Crippen LogP contribution in [0.2, 0.25) is 0 Å². The SMILES string of the molecule is Cc1cc(Nc2ncnc3ccc(/C=C/C(=O)NCCO)cc23)ccc1Oc1cc2nncn2cn1. The number of nitrogens with zero attached hydrogens (tertiary/aromatic N) is 6. The van der Waals surface area contributed by atoms with Crippen molar-refractivity contribution in [2.45, 2.75) is 6.92 Å². The van der Waals surface area contributed by atoms with Gasteiger partial charge in [0.15, 0.2) is 5.65 Å². The fraction of sp³-hybridized carbons (Fsp3) is 0.120. The highest BCUT2D eigenvalue weighted by Gasteiger charge is 2.09. The van der Waals surface area contributed by atoms with Gasteiger partial charge >= 0.3 is 0 Å². The third-order valence-corrected chi connectivity index (χ3v) is 5.31. The van der Waals surface area contributed by atoms with E-state index >= 15 is 0 Å². The maximum absolute atomic E-state index is 11.8. The normalized spacial score (nSPS) is 11.3. The van der Waals surface area contributed by atoms with E-state index in [0.717, 1.165) is 27.7 Å². The minimum absolute atomic E-state index is 0.107. The van der Waals surface area contributed by atoms with Gasteiger partial charge in [-0.1, -0.05) is 6.07 Å². The highest BCUT2D eigenvalue weighted by molar-refractivity contribution is 5.95. The number of rotatable bonds is 8. The van der Waals surface area contributed by atoms with Crippen LogP contribution in [0.25, 0.3) is 22.6 Å². The number of carbonyl (C=O) groups excluding carboxylic acids is 1.